The molecule has 0 fully saturated rings. The van der Waals surface area contributed by atoms with E-state index >= 15 is 0 Å². The first-order chi connectivity index (χ1) is 9.31. The summed E-state index contributed by atoms with van der Waals surface area (Å²) in [5.41, 5.74) is 8.27. The first-order valence-electron chi connectivity index (χ1n) is 5.88. The normalized spacial score (nSPS) is 10.5. The molecule has 5 heteroatoms. The number of rotatable bonds is 4. The van der Waals surface area contributed by atoms with Crippen molar-refractivity contribution in [2.45, 2.75) is 6.61 Å². The lowest BCUT2D eigenvalue weighted by Crippen LogP contribution is -1.96. The molecule has 0 spiro atoms. The molecule has 3 aromatic rings. The number of hydrogen-bond acceptors (Lipinski definition) is 4. The van der Waals surface area contributed by atoms with E-state index in [2.05, 4.69) is 10.2 Å². The second-order valence-electron chi connectivity index (χ2n) is 4.12. The number of nitrogens with two attached hydrogens (primary N) is 1. The number of benzene rings is 1. The van der Waals surface area contributed by atoms with E-state index in [4.69, 9.17) is 10.5 Å². The van der Waals surface area contributed by atoms with Crippen LogP contribution in [0.3, 0.4) is 0 Å². The van der Waals surface area contributed by atoms with E-state index < -0.39 is 0 Å². The number of aromatic amines is 1. The summed E-state index contributed by atoms with van der Waals surface area (Å²) in [6.07, 6.45) is 0. The molecule has 0 amide bonds. The van der Waals surface area contributed by atoms with Crippen LogP contribution in [0.2, 0.25) is 0 Å². The summed E-state index contributed by atoms with van der Waals surface area (Å²) in [4.78, 5) is 1.14. The number of hydrogen-bond donors (Lipinski definition) is 2. The van der Waals surface area contributed by atoms with E-state index in [0.29, 0.717) is 12.3 Å². The number of nitrogens with zero attached hydrogens (tertiary/aromatic N) is 1. The van der Waals surface area contributed by atoms with Gasteiger partial charge in [-0.15, -0.1) is 11.3 Å². The molecule has 0 aliphatic rings. The van der Waals surface area contributed by atoms with E-state index in [1.54, 1.807) is 17.4 Å². The highest BCUT2D eigenvalue weighted by Crippen LogP contribution is 2.23. The first-order valence-corrected chi connectivity index (χ1v) is 6.76. The van der Waals surface area contributed by atoms with Gasteiger partial charge in [0.15, 0.2) is 0 Å². The molecule has 0 radical (unpaired) electrons. The maximum Gasteiger partial charge on any atom is 0.130 e. The van der Waals surface area contributed by atoms with Gasteiger partial charge in [0.05, 0.1) is 10.6 Å². The Morgan fingerprint density at radius 2 is 2.16 bits per heavy atom. The zero-order valence-electron chi connectivity index (χ0n) is 10.2. The molecular weight excluding hydrogens is 258 g/mol. The molecule has 19 heavy (non-hydrogen) atoms. The predicted molar refractivity (Wildman–Crippen MR) is 77.1 cm³/mol. The molecule has 2 heterocycles. The highest BCUT2D eigenvalue weighted by atomic mass is 32.1. The minimum atomic E-state index is 0.446. The van der Waals surface area contributed by atoms with Gasteiger partial charge in [-0.1, -0.05) is 12.1 Å². The minimum Gasteiger partial charge on any atom is -0.487 e. The largest absolute Gasteiger partial charge is 0.487 e. The first kappa shape index (κ1) is 11.8. The lowest BCUT2D eigenvalue weighted by atomic mass is 10.3. The molecule has 0 aliphatic heterocycles. The fourth-order valence-corrected chi connectivity index (χ4v) is 2.44. The second-order valence-corrected chi connectivity index (χ2v) is 5.06. The Labute approximate surface area is 114 Å². The standard InChI is InChI=1S/C14H13N3OS/c15-10-3-1-4-12(7-10)18-9-11-8-13(17-16-11)14-5-2-6-19-14/h1-8H,9,15H2,(H,16,17). The van der Waals surface area contributed by atoms with E-state index in [9.17, 15) is 0 Å². The van der Waals surface area contributed by atoms with Crippen molar-refractivity contribution >= 4 is 17.0 Å². The van der Waals surface area contributed by atoms with Crippen LogP contribution in [-0.4, -0.2) is 10.2 Å². The maximum absolute atomic E-state index is 5.70. The maximum atomic E-state index is 5.70. The van der Waals surface area contributed by atoms with Gasteiger partial charge in [0.25, 0.3) is 0 Å². The van der Waals surface area contributed by atoms with Crippen molar-refractivity contribution in [3.63, 3.8) is 0 Å². The fraction of sp³-hybridized carbons (Fsp3) is 0.0714. The Balaban J connectivity index is 1.68. The van der Waals surface area contributed by atoms with Gasteiger partial charge >= 0.3 is 0 Å². The molecule has 0 bridgehead atoms. The van der Waals surface area contributed by atoms with E-state index in [1.807, 2.05) is 41.8 Å². The summed E-state index contributed by atoms with van der Waals surface area (Å²) < 4.78 is 5.66. The number of anilines is 1. The Bertz CT molecular complexity index is 661. The minimum absolute atomic E-state index is 0.446. The number of aromatic nitrogens is 2. The van der Waals surface area contributed by atoms with Crippen molar-refractivity contribution < 1.29 is 4.74 Å². The number of ether oxygens (including phenoxy) is 1. The molecule has 0 saturated heterocycles. The van der Waals surface area contributed by atoms with Gasteiger partial charge in [0, 0.05) is 11.8 Å². The summed E-state index contributed by atoms with van der Waals surface area (Å²) in [6, 6.07) is 13.4. The van der Waals surface area contributed by atoms with Crippen molar-refractivity contribution in [1.82, 2.24) is 10.2 Å². The zero-order valence-corrected chi connectivity index (χ0v) is 11.0. The Morgan fingerprint density at radius 1 is 1.21 bits per heavy atom. The van der Waals surface area contributed by atoms with Crippen molar-refractivity contribution in [2.24, 2.45) is 0 Å². The van der Waals surface area contributed by atoms with E-state index in [1.165, 1.54) is 0 Å². The summed E-state index contributed by atoms with van der Waals surface area (Å²) >= 11 is 1.67. The van der Waals surface area contributed by atoms with Crippen LogP contribution in [0.4, 0.5) is 5.69 Å². The van der Waals surface area contributed by atoms with Gasteiger partial charge in [0.1, 0.15) is 18.1 Å². The highest BCUT2D eigenvalue weighted by molar-refractivity contribution is 7.13. The number of nitrogen functional groups attached to an aromatic ring is 1. The average Bonchev–Trinajstić information content (AvgIpc) is 3.07. The van der Waals surface area contributed by atoms with Crippen LogP contribution in [0.25, 0.3) is 10.6 Å². The van der Waals surface area contributed by atoms with Gasteiger partial charge in [0.2, 0.25) is 0 Å². The third kappa shape index (κ3) is 2.77. The third-order valence-electron chi connectivity index (χ3n) is 2.66. The molecule has 0 unspecified atom stereocenters. The lowest BCUT2D eigenvalue weighted by Gasteiger charge is -2.04. The molecular formula is C14H13N3OS. The zero-order chi connectivity index (χ0) is 13.1. The monoisotopic (exact) mass is 271 g/mol. The predicted octanol–water partition coefficient (Wildman–Crippen LogP) is 3.30. The molecule has 3 rings (SSSR count). The van der Waals surface area contributed by atoms with Crippen LogP contribution in [0.5, 0.6) is 5.75 Å². The number of nitrogens with one attached hydrogen (secondary N) is 1. The summed E-state index contributed by atoms with van der Waals surface area (Å²) in [5, 5.41) is 9.28. The van der Waals surface area contributed by atoms with Crippen molar-refractivity contribution in [3.8, 4) is 16.3 Å². The van der Waals surface area contributed by atoms with Gasteiger partial charge in [-0.05, 0) is 29.6 Å². The van der Waals surface area contributed by atoms with Crippen LogP contribution in [0.15, 0.2) is 47.8 Å². The summed E-state index contributed by atoms with van der Waals surface area (Å²) in [6.45, 7) is 0.446. The van der Waals surface area contributed by atoms with Crippen molar-refractivity contribution in [3.05, 3.63) is 53.5 Å². The van der Waals surface area contributed by atoms with Crippen LogP contribution in [0, 0.1) is 0 Å². The van der Waals surface area contributed by atoms with Crippen molar-refractivity contribution in [1.29, 1.82) is 0 Å². The summed E-state index contributed by atoms with van der Waals surface area (Å²) in [5.74, 6) is 0.757. The molecule has 96 valence electrons. The van der Waals surface area contributed by atoms with Crippen LogP contribution in [-0.2, 0) is 6.61 Å². The van der Waals surface area contributed by atoms with Crippen LogP contribution >= 0.6 is 11.3 Å². The Morgan fingerprint density at radius 3 is 2.95 bits per heavy atom. The number of thiophene rings is 1. The lowest BCUT2D eigenvalue weighted by molar-refractivity contribution is 0.301. The molecule has 3 N–H and O–H groups in total. The van der Waals surface area contributed by atoms with Gasteiger partial charge in [-0.2, -0.15) is 5.10 Å². The van der Waals surface area contributed by atoms with E-state index in [-0.39, 0.29) is 0 Å². The Kier molecular flexibility index (Phi) is 3.20. The Hall–Kier alpha value is -2.27. The molecule has 0 aliphatic carbocycles. The third-order valence-corrected chi connectivity index (χ3v) is 3.55. The van der Waals surface area contributed by atoms with Gasteiger partial charge in [-0.3, -0.25) is 5.10 Å². The summed E-state index contributed by atoms with van der Waals surface area (Å²) in [7, 11) is 0. The van der Waals surface area contributed by atoms with Crippen LogP contribution < -0.4 is 10.5 Å². The molecule has 0 atom stereocenters. The SMILES string of the molecule is Nc1cccc(OCc2cc(-c3cccs3)n[nH]2)c1. The highest BCUT2D eigenvalue weighted by Gasteiger charge is 2.05. The fourth-order valence-electron chi connectivity index (χ4n) is 1.75. The molecule has 0 saturated carbocycles. The smallest absolute Gasteiger partial charge is 0.130 e. The van der Waals surface area contributed by atoms with E-state index in [0.717, 1.165) is 22.0 Å². The van der Waals surface area contributed by atoms with Gasteiger partial charge in [-0.25, -0.2) is 0 Å². The quantitative estimate of drug-likeness (QED) is 0.716. The topological polar surface area (TPSA) is 63.9 Å². The average molecular weight is 271 g/mol. The van der Waals surface area contributed by atoms with Crippen LogP contribution in [0.1, 0.15) is 5.69 Å². The van der Waals surface area contributed by atoms with Gasteiger partial charge < -0.3 is 10.5 Å². The van der Waals surface area contributed by atoms with Crippen molar-refractivity contribution in [2.75, 3.05) is 5.73 Å². The number of H-pyrrole nitrogens is 1. The molecule has 1 aromatic carbocycles. The molecule has 2 aromatic heterocycles. The second kappa shape index (κ2) is 5.16. The molecule has 4 nitrogen and oxygen atoms in total.